The molecule has 0 saturated heterocycles. The van der Waals surface area contributed by atoms with Crippen molar-refractivity contribution in [1.29, 1.82) is 0 Å². The summed E-state index contributed by atoms with van der Waals surface area (Å²) >= 11 is 0. The number of amides is 1. The number of nitrogens with zero attached hydrogens (tertiary/aromatic N) is 3. The van der Waals surface area contributed by atoms with Gasteiger partial charge in [-0.1, -0.05) is 6.07 Å². The van der Waals surface area contributed by atoms with Crippen LogP contribution in [0.5, 0.6) is 0 Å². The van der Waals surface area contributed by atoms with Crippen molar-refractivity contribution in [3.8, 4) is 0 Å². The van der Waals surface area contributed by atoms with Crippen LogP contribution in [0.2, 0.25) is 0 Å². The topological polar surface area (TPSA) is 89.0 Å². The second-order valence-electron chi connectivity index (χ2n) is 5.61. The fourth-order valence-corrected chi connectivity index (χ4v) is 1.59. The maximum Gasteiger partial charge on any atom is 0.413 e. The summed E-state index contributed by atoms with van der Waals surface area (Å²) in [5, 5.41) is 13.5. The lowest BCUT2D eigenvalue weighted by Gasteiger charge is -2.19. The predicted octanol–water partition coefficient (Wildman–Crippen LogP) is 2.83. The number of hydrogen-bond donors (Lipinski definition) is 2. The van der Waals surface area contributed by atoms with E-state index in [4.69, 9.17) is 4.74 Å². The molecule has 0 unspecified atom stereocenters. The van der Waals surface area contributed by atoms with Crippen molar-refractivity contribution in [2.45, 2.75) is 32.9 Å². The first-order valence-electron chi connectivity index (χ1n) is 6.90. The molecule has 116 valence electrons. The number of rotatable bonds is 4. The van der Waals surface area contributed by atoms with Crippen LogP contribution in [0, 0.1) is 0 Å². The van der Waals surface area contributed by atoms with Crippen molar-refractivity contribution < 1.29 is 9.53 Å². The van der Waals surface area contributed by atoms with Gasteiger partial charge in [0.1, 0.15) is 11.4 Å². The highest BCUT2D eigenvalue weighted by Gasteiger charge is 2.16. The average Bonchev–Trinajstić information content (AvgIpc) is 2.45. The van der Waals surface area contributed by atoms with Gasteiger partial charge in [-0.2, -0.15) is 0 Å². The first-order valence-corrected chi connectivity index (χ1v) is 6.90. The summed E-state index contributed by atoms with van der Waals surface area (Å²) in [5.74, 6) is 0.929. The van der Waals surface area contributed by atoms with Gasteiger partial charge in [-0.25, -0.2) is 4.79 Å². The zero-order valence-electron chi connectivity index (χ0n) is 12.8. The van der Waals surface area contributed by atoms with E-state index in [1.165, 1.54) is 0 Å². The molecule has 0 atom stereocenters. The van der Waals surface area contributed by atoms with Gasteiger partial charge in [0.25, 0.3) is 0 Å². The molecule has 0 fully saturated rings. The lowest BCUT2D eigenvalue weighted by atomic mass is 10.2. The molecular weight excluding hydrogens is 282 g/mol. The second kappa shape index (κ2) is 6.84. The van der Waals surface area contributed by atoms with Gasteiger partial charge in [-0.3, -0.25) is 10.3 Å². The summed E-state index contributed by atoms with van der Waals surface area (Å²) in [7, 11) is 0. The molecule has 0 spiro atoms. The van der Waals surface area contributed by atoms with Gasteiger partial charge in [-0.05, 0) is 45.0 Å². The molecule has 0 aliphatic heterocycles. The number of hydrogen-bond acceptors (Lipinski definition) is 6. The maximum absolute atomic E-state index is 11.6. The molecule has 2 rings (SSSR count). The predicted molar refractivity (Wildman–Crippen MR) is 83.5 cm³/mol. The van der Waals surface area contributed by atoms with E-state index in [9.17, 15) is 4.79 Å². The molecule has 22 heavy (non-hydrogen) atoms. The molecule has 1 amide bonds. The van der Waals surface area contributed by atoms with E-state index in [1.807, 2.05) is 18.2 Å². The molecule has 2 aromatic rings. The van der Waals surface area contributed by atoms with Gasteiger partial charge >= 0.3 is 6.09 Å². The zero-order chi connectivity index (χ0) is 16.0. The fourth-order valence-electron chi connectivity index (χ4n) is 1.59. The number of carbonyl (C=O) groups is 1. The number of aromatic nitrogens is 3. The van der Waals surface area contributed by atoms with Crippen molar-refractivity contribution >= 4 is 17.7 Å². The number of nitrogens with one attached hydrogen (secondary N) is 2. The van der Waals surface area contributed by atoms with E-state index < -0.39 is 11.7 Å². The van der Waals surface area contributed by atoms with Gasteiger partial charge in [0, 0.05) is 6.20 Å². The van der Waals surface area contributed by atoms with Crippen LogP contribution in [0.15, 0.2) is 36.5 Å². The molecule has 0 bridgehead atoms. The van der Waals surface area contributed by atoms with Crippen molar-refractivity contribution in [2.75, 3.05) is 10.6 Å². The molecule has 2 aromatic heterocycles. The Kier molecular flexibility index (Phi) is 4.88. The molecule has 0 saturated carbocycles. The molecule has 0 aromatic carbocycles. The number of pyridine rings is 1. The molecule has 7 nitrogen and oxygen atoms in total. The molecule has 0 radical (unpaired) electrons. The maximum atomic E-state index is 11.6. The fraction of sp³-hybridized carbons (Fsp3) is 0.333. The summed E-state index contributed by atoms with van der Waals surface area (Å²) in [4.78, 5) is 15.8. The van der Waals surface area contributed by atoms with E-state index in [2.05, 4.69) is 25.8 Å². The van der Waals surface area contributed by atoms with Crippen LogP contribution in [0.1, 0.15) is 26.5 Å². The molecule has 2 N–H and O–H groups in total. The third-order valence-corrected chi connectivity index (χ3v) is 2.47. The standard InChI is InChI=1S/C15H19N5O2/c1-15(2,3)22-14(21)18-13-8-7-12(19-20-13)17-10-11-6-4-5-9-16-11/h4-9H,10H2,1-3H3,(H,17,19)(H,18,20,21). The Morgan fingerprint density at radius 1 is 1.14 bits per heavy atom. The van der Waals surface area contributed by atoms with Crippen molar-refractivity contribution in [2.24, 2.45) is 0 Å². The Labute approximate surface area is 129 Å². The third-order valence-electron chi connectivity index (χ3n) is 2.47. The van der Waals surface area contributed by atoms with E-state index in [0.29, 0.717) is 18.2 Å². The highest BCUT2D eigenvalue weighted by atomic mass is 16.6. The molecule has 7 heteroatoms. The summed E-state index contributed by atoms with van der Waals surface area (Å²) in [5.41, 5.74) is 0.349. The molecular formula is C15H19N5O2. The van der Waals surface area contributed by atoms with Crippen LogP contribution in [-0.4, -0.2) is 26.9 Å². The van der Waals surface area contributed by atoms with Gasteiger partial charge < -0.3 is 10.1 Å². The van der Waals surface area contributed by atoms with Gasteiger partial charge in [0.2, 0.25) is 0 Å². The average molecular weight is 301 g/mol. The number of carbonyl (C=O) groups excluding carboxylic acids is 1. The van der Waals surface area contributed by atoms with Crippen LogP contribution in [0.25, 0.3) is 0 Å². The summed E-state index contributed by atoms with van der Waals surface area (Å²) in [6, 6.07) is 9.07. The lowest BCUT2D eigenvalue weighted by molar-refractivity contribution is 0.0635. The summed E-state index contributed by atoms with van der Waals surface area (Å²) < 4.78 is 5.14. The van der Waals surface area contributed by atoms with E-state index in [1.54, 1.807) is 39.1 Å². The van der Waals surface area contributed by atoms with Crippen LogP contribution in [-0.2, 0) is 11.3 Å². The van der Waals surface area contributed by atoms with Crippen LogP contribution in [0.4, 0.5) is 16.4 Å². The highest BCUT2D eigenvalue weighted by molar-refractivity contribution is 5.83. The normalized spacial score (nSPS) is 10.9. The SMILES string of the molecule is CC(C)(C)OC(=O)Nc1ccc(NCc2ccccn2)nn1. The van der Waals surface area contributed by atoms with Gasteiger partial charge in [0.15, 0.2) is 5.82 Å². The smallest absolute Gasteiger partial charge is 0.413 e. The van der Waals surface area contributed by atoms with Crippen LogP contribution < -0.4 is 10.6 Å². The minimum atomic E-state index is -0.559. The van der Waals surface area contributed by atoms with Crippen LogP contribution >= 0.6 is 0 Å². The second-order valence-corrected chi connectivity index (χ2v) is 5.61. The molecule has 2 heterocycles. The lowest BCUT2D eigenvalue weighted by Crippen LogP contribution is -2.27. The zero-order valence-corrected chi connectivity index (χ0v) is 12.8. The minimum Gasteiger partial charge on any atom is -0.444 e. The minimum absolute atomic E-state index is 0.331. The van der Waals surface area contributed by atoms with Gasteiger partial charge in [-0.15, -0.1) is 10.2 Å². The summed E-state index contributed by atoms with van der Waals surface area (Å²) in [6.07, 6.45) is 1.17. The monoisotopic (exact) mass is 301 g/mol. The Morgan fingerprint density at radius 3 is 2.45 bits per heavy atom. The number of ether oxygens (including phenoxy) is 1. The highest BCUT2D eigenvalue weighted by Crippen LogP contribution is 2.11. The van der Waals surface area contributed by atoms with Crippen molar-refractivity contribution in [3.05, 3.63) is 42.2 Å². The first kappa shape index (κ1) is 15.7. The van der Waals surface area contributed by atoms with Gasteiger partial charge in [0.05, 0.1) is 12.2 Å². The molecule has 0 aliphatic carbocycles. The summed E-state index contributed by atoms with van der Waals surface area (Å²) in [6.45, 7) is 5.93. The number of anilines is 2. The Bertz CT molecular complexity index is 608. The Hall–Kier alpha value is -2.70. The quantitative estimate of drug-likeness (QED) is 0.902. The van der Waals surface area contributed by atoms with Crippen LogP contribution in [0.3, 0.4) is 0 Å². The first-order chi connectivity index (χ1) is 10.4. The van der Waals surface area contributed by atoms with Crippen molar-refractivity contribution in [1.82, 2.24) is 15.2 Å². The molecule has 0 aliphatic rings. The third kappa shape index (κ3) is 5.35. The van der Waals surface area contributed by atoms with E-state index >= 15 is 0 Å². The van der Waals surface area contributed by atoms with E-state index in [-0.39, 0.29) is 0 Å². The Morgan fingerprint density at radius 2 is 1.86 bits per heavy atom. The van der Waals surface area contributed by atoms with E-state index in [0.717, 1.165) is 5.69 Å². The Balaban J connectivity index is 1.86. The largest absolute Gasteiger partial charge is 0.444 e. The van der Waals surface area contributed by atoms with Crippen molar-refractivity contribution in [3.63, 3.8) is 0 Å².